The molecule has 4 rings (SSSR count). The number of carbonyl (C=O) groups is 2. The van der Waals surface area contributed by atoms with Gasteiger partial charge in [-0.05, 0) is 55.5 Å². The van der Waals surface area contributed by atoms with E-state index in [1.54, 1.807) is 0 Å². The predicted molar refractivity (Wildman–Crippen MR) is 118 cm³/mol. The molecule has 0 saturated carbocycles. The van der Waals surface area contributed by atoms with E-state index in [0.29, 0.717) is 12.1 Å². The lowest BCUT2D eigenvalue weighted by Crippen LogP contribution is -2.28. The summed E-state index contributed by atoms with van der Waals surface area (Å²) in [5.41, 5.74) is 6.44. The summed E-state index contributed by atoms with van der Waals surface area (Å²) >= 11 is 0. The van der Waals surface area contributed by atoms with E-state index in [2.05, 4.69) is 42.6 Å². The molecule has 30 heavy (non-hydrogen) atoms. The second-order valence-electron chi connectivity index (χ2n) is 7.44. The normalized spacial score (nSPS) is 14.0. The van der Waals surface area contributed by atoms with Gasteiger partial charge in [0, 0.05) is 11.9 Å². The average molecular weight is 400 g/mol. The van der Waals surface area contributed by atoms with Gasteiger partial charge in [0.1, 0.15) is 0 Å². The molecular weight excluding hydrogens is 376 g/mol. The van der Waals surface area contributed by atoms with Crippen LogP contribution in [-0.4, -0.2) is 30.0 Å². The molecule has 1 amide bonds. The van der Waals surface area contributed by atoms with Crippen molar-refractivity contribution >= 4 is 34.4 Å². The number of hydrogen-bond acceptors (Lipinski definition) is 4. The van der Waals surface area contributed by atoms with Crippen molar-refractivity contribution in [1.29, 1.82) is 0 Å². The molecular formula is C25H24N2O3. The maximum Gasteiger partial charge on any atom is 0.339 e. The fourth-order valence-electron chi connectivity index (χ4n) is 3.83. The second kappa shape index (κ2) is 8.49. The lowest BCUT2D eigenvalue weighted by Gasteiger charge is -2.12. The number of pyridine rings is 1. The number of para-hydroxylation sites is 1. The van der Waals surface area contributed by atoms with Crippen LogP contribution in [0.25, 0.3) is 22.6 Å². The molecule has 1 aliphatic rings. The van der Waals surface area contributed by atoms with Gasteiger partial charge in [-0.1, -0.05) is 48.0 Å². The molecule has 1 aliphatic carbocycles. The van der Waals surface area contributed by atoms with Gasteiger partial charge in [0.25, 0.3) is 5.91 Å². The summed E-state index contributed by atoms with van der Waals surface area (Å²) in [6, 6.07) is 15.9. The molecule has 0 spiro atoms. The number of benzene rings is 2. The molecule has 0 unspecified atom stereocenters. The Kier molecular flexibility index (Phi) is 5.61. The first-order chi connectivity index (χ1) is 14.6. The van der Waals surface area contributed by atoms with E-state index >= 15 is 0 Å². The lowest BCUT2D eigenvalue weighted by atomic mass is 10.0. The highest BCUT2D eigenvalue weighted by atomic mass is 16.5. The van der Waals surface area contributed by atoms with E-state index in [0.717, 1.165) is 46.1 Å². The van der Waals surface area contributed by atoms with Crippen molar-refractivity contribution in [3.8, 4) is 0 Å². The third kappa shape index (κ3) is 3.96. The monoisotopic (exact) mass is 400 g/mol. The molecule has 5 nitrogen and oxygen atoms in total. The molecule has 2 aromatic carbocycles. The Hall–Kier alpha value is -3.47. The van der Waals surface area contributed by atoms with Gasteiger partial charge in [-0.25, -0.2) is 9.78 Å². The van der Waals surface area contributed by atoms with E-state index < -0.39 is 5.97 Å². The van der Waals surface area contributed by atoms with E-state index in [-0.39, 0.29) is 12.5 Å². The number of amides is 1. The van der Waals surface area contributed by atoms with E-state index in [9.17, 15) is 9.59 Å². The third-order valence-corrected chi connectivity index (χ3v) is 5.27. The van der Waals surface area contributed by atoms with Crippen LogP contribution >= 0.6 is 0 Å². The summed E-state index contributed by atoms with van der Waals surface area (Å²) in [4.78, 5) is 29.6. The number of aryl methyl sites for hydroxylation is 1. The van der Waals surface area contributed by atoms with E-state index in [4.69, 9.17) is 9.72 Å². The number of nitrogens with one attached hydrogen (secondary N) is 1. The summed E-state index contributed by atoms with van der Waals surface area (Å²) in [5, 5.41) is 3.40. The van der Waals surface area contributed by atoms with Crippen molar-refractivity contribution < 1.29 is 14.3 Å². The van der Waals surface area contributed by atoms with Crippen LogP contribution in [0.3, 0.4) is 0 Å². The maximum absolute atomic E-state index is 13.0. The van der Waals surface area contributed by atoms with Crippen LogP contribution in [0.4, 0.5) is 0 Å². The highest BCUT2D eigenvalue weighted by molar-refractivity contribution is 6.07. The topological polar surface area (TPSA) is 68.3 Å². The number of nitrogens with zero attached hydrogens (tertiary/aromatic N) is 1. The average Bonchev–Trinajstić information content (AvgIpc) is 3.14. The van der Waals surface area contributed by atoms with Gasteiger partial charge < -0.3 is 10.1 Å². The van der Waals surface area contributed by atoms with Gasteiger partial charge in [0.05, 0.1) is 16.8 Å². The minimum Gasteiger partial charge on any atom is -0.452 e. The van der Waals surface area contributed by atoms with Crippen molar-refractivity contribution in [1.82, 2.24) is 10.3 Å². The summed E-state index contributed by atoms with van der Waals surface area (Å²) in [6.45, 7) is 4.10. The van der Waals surface area contributed by atoms with Crippen molar-refractivity contribution in [2.75, 3.05) is 13.2 Å². The molecule has 3 aromatic rings. The van der Waals surface area contributed by atoms with Crippen LogP contribution in [-0.2, 0) is 16.0 Å². The minimum absolute atomic E-state index is 0.288. The van der Waals surface area contributed by atoms with Crippen LogP contribution < -0.4 is 5.32 Å². The Morgan fingerprint density at radius 1 is 1.10 bits per heavy atom. The van der Waals surface area contributed by atoms with Crippen LogP contribution in [0.1, 0.15) is 46.1 Å². The van der Waals surface area contributed by atoms with Crippen LogP contribution in [0.15, 0.2) is 48.5 Å². The number of allylic oxidation sites excluding steroid dienone is 1. The van der Waals surface area contributed by atoms with Gasteiger partial charge in [0.2, 0.25) is 0 Å². The lowest BCUT2D eigenvalue weighted by molar-refractivity contribution is -0.124. The zero-order valence-corrected chi connectivity index (χ0v) is 17.2. The Bertz CT molecular complexity index is 1150. The second-order valence-corrected chi connectivity index (χ2v) is 7.44. The first-order valence-corrected chi connectivity index (χ1v) is 10.2. The van der Waals surface area contributed by atoms with Crippen LogP contribution in [0.2, 0.25) is 0 Å². The highest BCUT2D eigenvalue weighted by Gasteiger charge is 2.27. The van der Waals surface area contributed by atoms with Crippen molar-refractivity contribution in [3.05, 3.63) is 76.5 Å². The summed E-state index contributed by atoms with van der Waals surface area (Å²) < 4.78 is 5.34. The molecule has 5 heteroatoms. The smallest absolute Gasteiger partial charge is 0.339 e. The number of fused-ring (bicyclic) bond motifs is 2. The SMILES string of the molecule is CCNC(=O)COC(=O)c1c2c(nc3ccccc13)/C(=C/c1ccc(C)cc1)CC2. The predicted octanol–water partition coefficient (Wildman–Crippen LogP) is 4.32. The molecule has 0 radical (unpaired) electrons. The fourth-order valence-corrected chi connectivity index (χ4v) is 3.83. The van der Waals surface area contributed by atoms with Gasteiger partial charge in [-0.2, -0.15) is 0 Å². The largest absolute Gasteiger partial charge is 0.452 e. The minimum atomic E-state index is -0.479. The highest BCUT2D eigenvalue weighted by Crippen LogP contribution is 2.37. The number of likely N-dealkylation sites (N-methyl/N-ethyl adjacent to an activating group) is 1. The van der Waals surface area contributed by atoms with Gasteiger partial charge in [-0.3, -0.25) is 4.79 Å². The number of rotatable bonds is 5. The molecule has 1 heterocycles. The number of carbonyl (C=O) groups excluding carboxylic acids is 2. The first kappa shape index (κ1) is 19.8. The van der Waals surface area contributed by atoms with Crippen LogP contribution in [0.5, 0.6) is 0 Å². The third-order valence-electron chi connectivity index (χ3n) is 5.27. The number of hydrogen-bond donors (Lipinski definition) is 1. The molecule has 1 N–H and O–H groups in total. The van der Waals surface area contributed by atoms with Gasteiger partial charge >= 0.3 is 5.97 Å². The Balaban J connectivity index is 1.75. The van der Waals surface area contributed by atoms with Gasteiger partial charge in [0.15, 0.2) is 6.61 Å². The summed E-state index contributed by atoms with van der Waals surface area (Å²) in [6.07, 6.45) is 3.66. The summed E-state index contributed by atoms with van der Waals surface area (Å²) in [5.74, 6) is -0.784. The Morgan fingerprint density at radius 2 is 1.87 bits per heavy atom. The molecule has 1 aromatic heterocycles. The van der Waals surface area contributed by atoms with Crippen molar-refractivity contribution in [2.45, 2.75) is 26.7 Å². The molecule has 0 saturated heterocycles. The first-order valence-electron chi connectivity index (χ1n) is 10.2. The van der Waals surface area contributed by atoms with Gasteiger partial charge in [-0.15, -0.1) is 0 Å². The van der Waals surface area contributed by atoms with E-state index in [1.807, 2.05) is 31.2 Å². The molecule has 0 fully saturated rings. The van der Waals surface area contributed by atoms with Crippen molar-refractivity contribution in [2.24, 2.45) is 0 Å². The number of esters is 1. The zero-order valence-electron chi connectivity index (χ0n) is 17.2. The standard InChI is InChI=1S/C25H24N2O3/c1-3-26-22(28)15-30-25(29)23-19-6-4-5-7-21(19)27-24-18(12-13-20(23)24)14-17-10-8-16(2)9-11-17/h4-11,14H,3,12-13,15H2,1-2H3,(H,26,28)/b18-14+. The Morgan fingerprint density at radius 3 is 2.63 bits per heavy atom. The summed E-state index contributed by atoms with van der Waals surface area (Å²) in [7, 11) is 0. The molecule has 0 bridgehead atoms. The quantitative estimate of drug-likeness (QED) is 0.648. The molecule has 0 atom stereocenters. The maximum atomic E-state index is 13.0. The van der Waals surface area contributed by atoms with E-state index in [1.165, 1.54) is 5.56 Å². The Labute approximate surface area is 175 Å². The number of aromatic nitrogens is 1. The molecule has 0 aliphatic heterocycles. The molecule has 152 valence electrons. The fraction of sp³-hybridized carbons (Fsp3) is 0.240. The van der Waals surface area contributed by atoms with Crippen LogP contribution in [0, 0.1) is 6.92 Å². The van der Waals surface area contributed by atoms with Crippen molar-refractivity contribution in [3.63, 3.8) is 0 Å². The zero-order chi connectivity index (χ0) is 21.1. The number of ether oxygens (including phenoxy) is 1.